The summed E-state index contributed by atoms with van der Waals surface area (Å²) in [6.45, 7) is 3.59. The van der Waals surface area contributed by atoms with Crippen LogP contribution in [-0.4, -0.2) is 35.8 Å². The molecular weight excluding hydrogens is 216 g/mol. The zero-order valence-corrected chi connectivity index (χ0v) is 9.72. The van der Waals surface area contributed by atoms with E-state index in [-0.39, 0.29) is 24.2 Å². The molecule has 4 nitrogen and oxygen atoms in total. The lowest BCUT2D eigenvalue weighted by atomic mass is 10.0. The maximum absolute atomic E-state index is 11.6. The highest BCUT2D eigenvalue weighted by atomic mass is 35.5. The molecule has 0 aromatic heterocycles. The molecule has 1 atom stereocenters. The number of rotatable bonds is 2. The molecule has 0 spiro atoms. The Morgan fingerprint density at radius 3 is 2.87 bits per heavy atom. The number of amides is 3. The number of carbonyl (C=O) groups excluding carboxylic acids is 2. The number of nitrogens with zero attached hydrogens (tertiary/aromatic N) is 1. The van der Waals surface area contributed by atoms with Crippen LogP contribution in [0.5, 0.6) is 0 Å². The predicted molar refractivity (Wildman–Crippen MR) is 58.8 cm³/mol. The van der Waals surface area contributed by atoms with Crippen LogP contribution in [0, 0.1) is 5.92 Å². The fraction of sp³-hybridized carbons (Fsp3) is 0.800. The van der Waals surface area contributed by atoms with E-state index in [1.165, 1.54) is 0 Å². The number of urea groups is 1. The molecule has 1 heterocycles. The Hall–Kier alpha value is -0.770. The molecule has 0 saturated carbocycles. The minimum absolute atomic E-state index is 0.191. The third-order valence-corrected chi connectivity index (χ3v) is 2.70. The van der Waals surface area contributed by atoms with Crippen LogP contribution in [0.15, 0.2) is 0 Å². The first-order valence-electron chi connectivity index (χ1n) is 5.28. The second-order valence-corrected chi connectivity index (χ2v) is 4.36. The lowest BCUT2D eigenvalue weighted by Gasteiger charge is -2.30. The van der Waals surface area contributed by atoms with Crippen LogP contribution < -0.4 is 5.32 Å². The average Bonchev–Trinajstić information content (AvgIpc) is 2.18. The zero-order chi connectivity index (χ0) is 11.3. The summed E-state index contributed by atoms with van der Waals surface area (Å²) >= 11 is 5.40. The van der Waals surface area contributed by atoms with Gasteiger partial charge in [0.25, 0.3) is 0 Å². The number of nitrogens with one attached hydrogen (secondary N) is 1. The minimum atomic E-state index is -0.298. The molecule has 1 fully saturated rings. The van der Waals surface area contributed by atoms with Gasteiger partial charge in [0.1, 0.15) is 0 Å². The van der Waals surface area contributed by atoms with Gasteiger partial charge in [-0.15, -0.1) is 11.6 Å². The van der Waals surface area contributed by atoms with E-state index in [2.05, 4.69) is 12.2 Å². The van der Waals surface area contributed by atoms with E-state index in [9.17, 15) is 9.59 Å². The van der Waals surface area contributed by atoms with Crippen molar-refractivity contribution in [1.82, 2.24) is 10.2 Å². The van der Waals surface area contributed by atoms with Crippen molar-refractivity contribution in [2.75, 3.05) is 19.0 Å². The lowest BCUT2D eigenvalue weighted by molar-refractivity contribution is -0.119. The number of hydrogen-bond donors (Lipinski definition) is 1. The van der Waals surface area contributed by atoms with E-state index in [1.807, 2.05) is 0 Å². The van der Waals surface area contributed by atoms with Crippen molar-refractivity contribution >= 4 is 23.5 Å². The molecule has 0 aromatic carbocycles. The monoisotopic (exact) mass is 232 g/mol. The van der Waals surface area contributed by atoms with Crippen LogP contribution in [0.4, 0.5) is 4.79 Å². The van der Waals surface area contributed by atoms with E-state index >= 15 is 0 Å². The summed E-state index contributed by atoms with van der Waals surface area (Å²) < 4.78 is 0. The van der Waals surface area contributed by atoms with Crippen molar-refractivity contribution in [3.63, 3.8) is 0 Å². The van der Waals surface area contributed by atoms with Gasteiger partial charge in [0.05, 0.1) is 0 Å². The van der Waals surface area contributed by atoms with Gasteiger partial charge in [0, 0.05) is 25.4 Å². The van der Waals surface area contributed by atoms with Gasteiger partial charge in [-0.1, -0.05) is 6.92 Å². The van der Waals surface area contributed by atoms with E-state index in [4.69, 9.17) is 11.6 Å². The summed E-state index contributed by atoms with van der Waals surface area (Å²) in [5.74, 6) is 0.469. The Bertz CT molecular complexity index is 246. The highest BCUT2D eigenvalue weighted by Gasteiger charge is 2.21. The van der Waals surface area contributed by atoms with Crippen LogP contribution in [-0.2, 0) is 4.79 Å². The third-order valence-electron chi connectivity index (χ3n) is 2.51. The second kappa shape index (κ2) is 5.95. The molecule has 1 N–H and O–H groups in total. The van der Waals surface area contributed by atoms with Crippen molar-refractivity contribution in [3.05, 3.63) is 0 Å². The zero-order valence-electron chi connectivity index (χ0n) is 8.96. The molecule has 1 rings (SSSR count). The Labute approximate surface area is 95.0 Å². The molecule has 86 valence electrons. The van der Waals surface area contributed by atoms with E-state index in [0.717, 1.165) is 25.9 Å². The van der Waals surface area contributed by atoms with E-state index < -0.39 is 0 Å². The van der Waals surface area contributed by atoms with E-state index in [1.54, 1.807) is 4.90 Å². The van der Waals surface area contributed by atoms with Crippen molar-refractivity contribution < 1.29 is 9.59 Å². The number of carbonyl (C=O) groups is 2. The quantitative estimate of drug-likeness (QED) is 0.735. The van der Waals surface area contributed by atoms with Crippen molar-refractivity contribution in [3.8, 4) is 0 Å². The summed E-state index contributed by atoms with van der Waals surface area (Å²) in [5.41, 5.74) is 0. The number of imide groups is 1. The summed E-state index contributed by atoms with van der Waals surface area (Å²) in [7, 11) is 0. The number of hydrogen-bond acceptors (Lipinski definition) is 2. The SMILES string of the molecule is CC1CCCN(C(=O)NC(=O)CCCl)C1. The third kappa shape index (κ3) is 4.08. The average molecular weight is 233 g/mol. The Morgan fingerprint density at radius 1 is 1.53 bits per heavy atom. The number of alkyl halides is 1. The van der Waals surface area contributed by atoms with Crippen LogP contribution >= 0.6 is 11.6 Å². The molecule has 1 aliphatic rings. The van der Waals surface area contributed by atoms with Crippen LogP contribution in [0.25, 0.3) is 0 Å². The summed E-state index contributed by atoms with van der Waals surface area (Å²) in [6, 6.07) is -0.281. The standard InChI is InChI=1S/C10H17ClN2O2/c1-8-3-2-6-13(7-8)10(15)12-9(14)4-5-11/h8H,2-7H2,1H3,(H,12,14,15). The lowest BCUT2D eigenvalue weighted by Crippen LogP contribution is -2.47. The van der Waals surface area contributed by atoms with Gasteiger partial charge in [0.2, 0.25) is 5.91 Å². The molecule has 3 amide bonds. The topological polar surface area (TPSA) is 49.4 Å². The normalized spacial score (nSPS) is 21.2. The molecule has 0 radical (unpaired) electrons. The first kappa shape index (κ1) is 12.3. The Kier molecular flexibility index (Phi) is 4.88. The number of likely N-dealkylation sites (tertiary alicyclic amines) is 1. The molecule has 0 bridgehead atoms. The Balaban J connectivity index is 2.35. The Morgan fingerprint density at radius 2 is 2.27 bits per heavy atom. The first-order chi connectivity index (χ1) is 7.13. The predicted octanol–water partition coefficient (Wildman–Crippen LogP) is 1.58. The molecule has 0 aromatic rings. The second-order valence-electron chi connectivity index (χ2n) is 3.99. The van der Waals surface area contributed by atoms with E-state index in [0.29, 0.717) is 5.92 Å². The van der Waals surface area contributed by atoms with Gasteiger partial charge in [-0.3, -0.25) is 10.1 Å². The molecule has 1 unspecified atom stereocenters. The summed E-state index contributed by atoms with van der Waals surface area (Å²) in [6.07, 6.45) is 2.36. The summed E-state index contributed by atoms with van der Waals surface area (Å²) in [4.78, 5) is 24.4. The van der Waals surface area contributed by atoms with Gasteiger partial charge < -0.3 is 4.90 Å². The largest absolute Gasteiger partial charge is 0.324 e. The molecule has 15 heavy (non-hydrogen) atoms. The summed E-state index contributed by atoms with van der Waals surface area (Å²) in [5, 5.41) is 2.33. The molecule has 5 heteroatoms. The van der Waals surface area contributed by atoms with Crippen molar-refractivity contribution in [2.24, 2.45) is 5.92 Å². The fourth-order valence-corrected chi connectivity index (χ4v) is 1.89. The highest BCUT2D eigenvalue weighted by molar-refractivity contribution is 6.19. The maximum atomic E-state index is 11.6. The van der Waals surface area contributed by atoms with Gasteiger partial charge in [-0.2, -0.15) is 0 Å². The first-order valence-corrected chi connectivity index (χ1v) is 5.81. The van der Waals surface area contributed by atoms with Gasteiger partial charge in [-0.05, 0) is 18.8 Å². The van der Waals surface area contributed by atoms with Crippen LogP contribution in [0.2, 0.25) is 0 Å². The number of halogens is 1. The minimum Gasteiger partial charge on any atom is -0.324 e. The number of piperidine rings is 1. The highest BCUT2D eigenvalue weighted by Crippen LogP contribution is 2.15. The van der Waals surface area contributed by atoms with Gasteiger partial charge >= 0.3 is 6.03 Å². The van der Waals surface area contributed by atoms with Crippen molar-refractivity contribution in [2.45, 2.75) is 26.2 Å². The smallest absolute Gasteiger partial charge is 0.324 e. The molecular formula is C10H17ClN2O2. The molecule has 1 saturated heterocycles. The van der Waals surface area contributed by atoms with Gasteiger partial charge in [-0.25, -0.2) is 4.79 Å². The van der Waals surface area contributed by atoms with Crippen LogP contribution in [0.3, 0.4) is 0 Å². The van der Waals surface area contributed by atoms with Gasteiger partial charge in [0.15, 0.2) is 0 Å². The molecule has 0 aliphatic carbocycles. The fourth-order valence-electron chi connectivity index (χ4n) is 1.72. The van der Waals surface area contributed by atoms with Crippen LogP contribution in [0.1, 0.15) is 26.2 Å². The molecule has 1 aliphatic heterocycles. The maximum Gasteiger partial charge on any atom is 0.324 e. The van der Waals surface area contributed by atoms with Crippen molar-refractivity contribution in [1.29, 1.82) is 0 Å².